The van der Waals surface area contributed by atoms with Crippen LogP contribution in [0.1, 0.15) is 44.6 Å². The van der Waals surface area contributed by atoms with Gasteiger partial charge in [-0.2, -0.15) is 0 Å². The van der Waals surface area contributed by atoms with Crippen molar-refractivity contribution in [2.24, 2.45) is 11.8 Å². The molecule has 21 heavy (non-hydrogen) atoms. The zero-order valence-electron chi connectivity index (χ0n) is 13.5. The van der Waals surface area contributed by atoms with Crippen LogP contribution in [0.4, 0.5) is 4.39 Å². The number of nitrogens with one attached hydrogen (secondary N) is 1. The normalized spacial score (nSPS) is 23.8. The molecule has 2 nitrogen and oxygen atoms in total. The topological polar surface area (TPSA) is 21.3 Å². The molecule has 2 rings (SSSR count). The molecular formula is C18H28FNO. The van der Waals surface area contributed by atoms with E-state index >= 15 is 0 Å². The average molecular weight is 293 g/mol. The van der Waals surface area contributed by atoms with Gasteiger partial charge in [-0.15, -0.1) is 0 Å². The summed E-state index contributed by atoms with van der Waals surface area (Å²) in [6.45, 7) is 2.29. The first-order valence-corrected chi connectivity index (χ1v) is 8.17. The first kappa shape index (κ1) is 16.3. The lowest BCUT2D eigenvalue weighted by atomic mass is 9.75. The highest BCUT2D eigenvalue weighted by molar-refractivity contribution is 5.29. The van der Waals surface area contributed by atoms with Crippen LogP contribution in [0.2, 0.25) is 0 Å². The van der Waals surface area contributed by atoms with E-state index in [0.29, 0.717) is 17.7 Å². The standard InChI is InChI=1S/C18H28FNO/c1-4-13-6-5-7-15(10-13)17(20-2)12-14-8-9-18(21-3)16(19)11-14/h8-9,11,13,15,17,20H,4-7,10,12H2,1-3H3. The van der Waals surface area contributed by atoms with Crippen molar-refractivity contribution in [2.75, 3.05) is 14.2 Å². The van der Waals surface area contributed by atoms with Gasteiger partial charge in [0.1, 0.15) is 0 Å². The van der Waals surface area contributed by atoms with Crippen LogP contribution < -0.4 is 10.1 Å². The third-order valence-corrected chi connectivity index (χ3v) is 5.01. The van der Waals surface area contributed by atoms with Crippen molar-refractivity contribution in [3.63, 3.8) is 0 Å². The van der Waals surface area contributed by atoms with Crippen LogP contribution in [0.15, 0.2) is 18.2 Å². The fourth-order valence-corrected chi connectivity index (χ4v) is 3.66. The summed E-state index contributed by atoms with van der Waals surface area (Å²) in [6, 6.07) is 5.76. The molecule has 1 aliphatic carbocycles. The van der Waals surface area contributed by atoms with E-state index in [0.717, 1.165) is 17.9 Å². The maximum Gasteiger partial charge on any atom is 0.165 e. The number of hydrogen-bond acceptors (Lipinski definition) is 2. The van der Waals surface area contributed by atoms with Gasteiger partial charge >= 0.3 is 0 Å². The molecule has 0 heterocycles. The molecule has 1 aromatic rings. The number of rotatable bonds is 6. The molecule has 1 aromatic carbocycles. The lowest BCUT2D eigenvalue weighted by Gasteiger charge is -2.34. The first-order chi connectivity index (χ1) is 10.2. The molecule has 0 amide bonds. The number of benzene rings is 1. The third-order valence-electron chi connectivity index (χ3n) is 5.01. The second-order valence-corrected chi connectivity index (χ2v) is 6.27. The molecule has 1 fully saturated rings. The van der Waals surface area contributed by atoms with Gasteiger partial charge in [-0.3, -0.25) is 0 Å². The Morgan fingerprint density at radius 2 is 2.19 bits per heavy atom. The summed E-state index contributed by atoms with van der Waals surface area (Å²) in [5.74, 6) is 1.63. The molecule has 0 aromatic heterocycles. The Kier molecular flexibility index (Phi) is 6.04. The lowest BCUT2D eigenvalue weighted by molar-refractivity contribution is 0.212. The van der Waals surface area contributed by atoms with Gasteiger partial charge in [0.25, 0.3) is 0 Å². The number of ether oxygens (including phenoxy) is 1. The highest BCUT2D eigenvalue weighted by Crippen LogP contribution is 2.34. The minimum atomic E-state index is -0.264. The number of hydrogen-bond donors (Lipinski definition) is 1. The number of halogens is 1. The fourth-order valence-electron chi connectivity index (χ4n) is 3.66. The largest absolute Gasteiger partial charge is 0.494 e. The van der Waals surface area contributed by atoms with Crippen LogP contribution in [0, 0.1) is 17.7 Å². The predicted octanol–water partition coefficient (Wildman–Crippen LogP) is 4.18. The van der Waals surface area contributed by atoms with Gasteiger partial charge in [0.2, 0.25) is 0 Å². The summed E-state index contributed by atoms with van der Waals surface area (Å²) < 4.78 is 18.8. The second-order valence-electron chi connectivity index (χ2n) is 6.27. The van der Waals surface area contributed by atoms with Crippen LogP contribution in [0.5, 0.6) is 5.75 Å². The third kappa shape index (κ3) is 4.19. The molecule has 1 N–H and O–H groups in total. The van der Waals surface area contributed by atoms with Crippen LogP contribution in [-0.4, -0.2) is 20.2 Å². The Bertz CT molecular complexity index is 449. The molecular weight excluding hydrogens is 265 g/mol. The predicted molar refractivity (Wildman–Crippen MR) is 85.2 cm³/mol. The van der Waals surface area contributed by atoms with Gasteiger partial charge in [0, 0.05) is 6.04 Å². The van der Waals surface area contributed by atoms with Crippen LogP contribution in [0.25, 0.3) is 0 Å². The highest BCUT2D eigenvalue weighted by atomic mass is 19.1. The SMILES string of the molecule is CCC1CCCC(C(Cc2ccc(OC)c(F)c2)NC)C1. The minimum absolute atomic E-state index is 0.264. The number of methoxy groups -OCH3 is 1. The van der Waals surface area contributed by atoms with Crippen LogP contribution in [-0.2, 0) is 6.42 Å². The van der Waals surface area contributed by atoms with E-state index in [-0.39, 0.29) is 5.82 Å². The van der Waals surface area contributed by atoms with Crippen molar-refractivity contribution < 1.29 is 9.13 Å². The van der Waals surface area contributed by atoms with Crippen molar-refractivity contribution in [1.29, 1.82) is 0 Å². The molecule has 118 valence electrons. The molecule has 0 saturated heterocycles. The van der Waals surface area contributed by atoms with Crippen LogP contribution in [0.3, 0.4) is 0 Å². The molecule has 1 aliphatic rings. The molecule has 0 radical (unpaired) electrons. The highest BCUT2D eigenvalue weighted by Gasteiger charge is 2.27. The van der Waals surface area contributed by atoms with E-state index in [1.54, 1.807) is 12.1 Å². The van der Waals surface area contributed by atoms with Crippen molar-refractivity contribution in [3.8, 4) is 5.75 Å². The van der Waals surface area contributed by atoms with Gasteiger partial charge in [-0.1, -0.05) is 32.3 Å². The summed E-state index contributed by atoms with van der Waals surface area (Å²) in [6.07, 6.45) is 7.48. The molecule has 0 bridgehead atoms. The van der Waals surface area contributed by atoms with Gasteiger partial charge in [0.05, 0.1) is 7.11 Å². The second kappa shape index (κ2) is 7.79. The van der Waals surface area contributed by atoms with Crippen LogP contribution >= 0.6 is 0 Å². The summed E-state index contributed by atoms with van der Waals surface area (Å²) in [5, 5.41) is 3.46. The molecule has 0 aliphatic heterocycles. The molecule has 0 spiro atoms. The molecule has 1 saturated carbocycles. The summed E-state index contributed by atoms with van der Waals surface area (Å²) in [7, 11) is 3.53. The van der Waals surface area contributed by atoms with Gasteiger partial charge in [-0.25, -0.2) is 4.39 Å². The number of likely N-dealkylation sites (N-methyl/N-ethyl adjacent to an activating group) is 1. The summed E-state index contributed by atoms with van der Waals surface area (Å²) in [4.78, 5) is 0. The Hall–Kier alpha value is -1.09. The van der Waals surface area contributed by atoms with E-state index in [2.05, 4.69) is 12.2 Å². The van der Waals surface area contributed by atoms with Gasteiger partial charge in [0.15, 0.2) is 11.6 Å². The summed E-state index contributed by atoms with van der Waals surface area (Å²) in [5.41, 5.74) is 1.05. The zero-order chi connectivity index (χ0) is 15.2. The van der Waals surface area contributed by atoms with E-state index in [1.165, 1.54) is 39.2 Å². The van der Waals surface area contributed by atoms with Crippen molar-refractivity contribution in [3.05, 3.63) is 29.6 Å². The Morgan fingerprint density at radius 3 is 2.81 bits per heavy atom. The van der Waals surface area contributed by atoms with Crippen molar-refractivity contribution in [2.45, 2.75) is 51.5 Å². The van der Waals surface area contributed by atoms with Gasteiger partial charge in [-0.05, 0) is 55.8 Å². The minimum Gasteiger partial charge on any atom is -0.494 e. The molecule has 3 unspecified atom stereocenters. The lowest BCUT2D eigenvalue weighted by Crippen LogP contribution is -2.38. The average Bonchev–Trinajstić information content (AvgIpc) is 2.52. The smallest absolute Gasteiger partial charge is 0.165 e. The van der Waals surface area contributed by atoms with E-state index in [1.807, 2.05) is 13.1 Å². The Labute approximate surface area is 128 Å². The van der Waals surface area contributed by atoms with E-state index < -0.39 is 0 Å². The Morgan fingerprint density at radius 1 is 1.38 bits per heavy atom. The fraction of sp³-hybridized carbons (Fsp3) is 0.667. The van der Waals surface area contributed by atoms with E-state index in [4.69, 9.17) is 4.74 Å². The maximum atomic E-state index is 13.8. The van der Waals surface area contributed by atoms with Gasteiger partial charge < -0.3 is 10.1 Å². The van der Waals surface area contributed by atoms with Crippen molar-refractivity contribution in [1.82, 2.24) is 5.32 Å². The van der Waals surface area contributed by atoms with Crippen molar-refractivity contribution >= 4 is 0 Å². The maximum absolute atomic E-state index is 13.8. The molecule has 3 atom stereocenters. The van der Waals surface area contributed by atoms with E-state index in [9.17, 15) is 4.39 Å². The summed E-state index contributed by atoms with van der Waals surface area (Å²) >= 11 is 0. The Balaban J connectivity index is 2.03. The quantitative estimate of drug-likeness (QED) is 0.849. The zero-order valence-corrected chi connectivity index (χ0v) is 13.5. The molecule has 3 heteroatoms. The first-order valence-electron chi connectivity index (χ1n) is 8.17. The monoisotopic (exact) mass is 293 g/mol.